The maximum absolute atomic E-state index is 12.3. The van der Waals surface area contributed by atoms with Crippen LogP contribution in [-0.2, 0) is 9.59 Å². The third-order valence-corrected chi connectivity index (χ3v) is 4.77. The molecule has 2 unspecified atom stereocenters. The zero-order chi connectivity index (χ0) is 17.0. The molecule has 1 aromatic rings. The summed E-state index contributed by atoms with van der Waals surface area (Å²) in [6.07, 6.45) is 1.39. The molecular weight excluding hydrogens is 314 g/mol. The molecule has 1 aliphatic heterocycles. The van der Waals surface area contributed by atoms with E-state index in [-0.39, 0.29) is 30.3 Å². The maximum Gasteiger partial charge on any atom is 0.325 e. The van der Waals surface area contributed by atoms with Gasteiger partial charge in [-0.3, -0.25) is 14.5 Å². The zero-order valence-electron chi connectivity index (χ0n) is 13.7. The van der Waals surface area contributed by atoms with Crippen LogP contribution in [0.1, 0.15) is 44.5 Å². The van der Waals surface area contributed by atoms with Crippen LogP contribution >= 0.6 is 11.3 Å². The standard InChI is InChI=1S/C16H23N3O3S/c1-4-6-11-15(21)19(16(22)17-11)9-13(20)18-14(10(2)3)12-7-5-8-23-12/h5,7-8,10-11,14H,4,6,9H2,1-3H3,(H,17,22)(H,18,20). The average molecular weight is 337 g/mol. The van der Waals surface area contributed by atoms with Crippen LogP contribution < -0.4 is 10.6 Å². The molecule has 1 saturated heterocycles. The monoisotopic (exact) mass is 337 g/mol. The van der Waals surface area contributed by atoms with E-state index in [0.717, 1.165) is 16.2 Å². The predicted molar refractivity (Wildman–Crippen MR) is 89.0 cm³/mol. The van der Waals surface area contributed by atoms with Gasteiger partial charge in [0.1, 0.15) is 12.6 Å². The Morgan fingerprint density at radius 1 is 1.43 bits per heavy atom. The second-order valence-corrected chi connectivity index (χ2v) is 7.00. The van der Waals surface area contributed by atoms with Crippen molar-refractivity contribution < 1.29 is 14.4 Å². The Hall–Kier alpha value is -1.89. The second-order valence-electron chi connectivity index (χ2n) is 6.02. The topological polar surface area (TPSA) is 78.5 Å². The highest BCUT2D eigenvalue weighted by molar-refractivity contribution is 7.10. The molecule has 7 heteroatoms. The van der Waals surface area contributed by atoms with Crippen LogP contribution in [0.4, 0.5) is 4.79 Å². The number of hydrogen-bond acceptors (Lipinski definition) is 4. The summed E-state index contributed by atoms with van der Waals surface area (Å²) in [6, 6.07) is 2.81. The van der Waals surface area contributed by atoms with Crippen molar-refractivity contribution in [1.29, 1.82) is 0 Å². The number of urea groups is 1. The lowest BCUT2D eigenvalue weighted by Crippen LogP contribution is -2.43. The molecule has 0 aliphatic carbocycles. The molecule has 2 atom stereocenters. The van der Waals surface area contributed by atoms with Crippen LogP contribution in [0.5, 0.6) is 0 Å². The van der Waals surface area contributed by atoms with E-state index in [1.807, 2.05) is 38.3 Å². The largest absolute Gasteiger partial charge is 0.347 e. The van der Waals surface area contributed by atoms with Crippen molar-refractivity contribution in [1.82, 2.24) is 15.5 Å². The number of imide groups is 1. The molecule has 0 spiro atoms. The summed E-state index contributed by atoms with van der Waals surface area (Å²) in [7, 11) is 0. The van der Waals surface area contributed by atoms with Crippen LogP contribution in [0.3, 0.4) is 0 Å². The Balaban J connectivity index is 1.98. The summed E-state index contributed by atoms with van der Waals surface area (Å²) in [5.41, 5.74) is 0. The first-order chi connectivity index (χ1) is 10.9. The van der Waals surface area contributed by atoms with Gasteiger partial charge in [-0.05, 0) is 23.8 Å². The number of thiophene rings is 1. The van der Waals surface area contributed by atoms with Gasteiger partial charge in [-0.1, -0.05) is 33.3 Å². The second kappa shape index (κ2) is 7.59. The van der Waals surface area contributed by atoms with Gasteiger partial charge >= 0.3 is 6.03 Å². The SMILES string of the molecule is CCCC1NC(=O)N(CC(=O)NC(c2cccs2)C(C)C)C1=O. The highest BCUT2D eigenvalue weighted by Crippen LogP contribution is 2.25. The van der Waals surface area contributed by atoms with E-state index >= 15 is 0 Å². The van der Waals surface area contributed by atoms with E-state index in [4.69, 9.17) is 0 Å². The molecule has 0 aromatic carbocycles. The smallest absolute Gasteiger partial charge is 0.325 e. The van der Waals surface area contributed by atoms with Crippen LogP contribution in [-0.4, -0.2) is 35.3 Å². The number of carbonyl (C=O) groups excluding carboxylic acids is 3. The summed E-state index contributed by atoms with van der Waals surface area (Å²) in [6.45, 7) is 5.76. The van der Waals surface area contributed by atoms with Gasteiger partial charge < -0.3 is 10.6 Å². The van der Waals surface area contributed by atoms with E-state index < -0.39 is 12.1 Å². The van der Waals surface area contributed by atoms with E-state index in [1.54, 1.807) is 11.3 Å². The first-order valence-electron chi connectivity index (χ1n) is 7.88. The number of rotatable bonds is 7. The van der Waals surface area contributed by atoms with Crippen molar-refractivity contribution in [2.75, 3.05) is 6.54 Å². The summed E-state index contributed by atoms with van der Waals surface area (Å²) >= 11 is 1.58. The Bertz CT molecular complexity index is 571. The van der Waals surface area contributed by atoms with Gasteiger partial charge in [-0.2, -0.15) is 0 Å². The van der Waals surface area contributed by atoms with Crippen molar-refractivity contribution in [3.63, 3.8) is 0 Å². The first kappa shape index (κ1) is 17.5. The number of carbonyl (C=O) groups is 3. The summed E-state index contributed by atoms with van der Waals surface area (Å²) in [5, 5.41) is 7.52. The minimum atomic E-state index is -0.501. The molecule has 2 rings (SSSR count). The highest BCUT2D eigenvalue weighted by atomic mass is 32.1. The van der Waals surface area contributed by atoms with Gasteiger partial charge in [0.05, 0.1) is 6.04 Å². The van der Waals surface area contributed by atoms with Crippen molar-refractivity contribution in [2.45, 2.75) is 45.7 Å². The molecule has 0 radical (unpaired) electrons. The van der Waals surface area contributed by atoms with E-state index in [9.17, 15) is 14.4 Å². The summed E-state index contributed by atoms with van der Waals surface area (Å²) in [4.78, 5) is 38.4. The van der Waals surface area contributed by atoms with Crippen LogP contribution in [0.15, 0.2) is 17.5 Å². The summed E-state index contributed by atoms with van der Waals surface area (Å²) in [5.74, 6) is -0.421. The van der Waals surface area contributed by atoms with Gasteiger partial charge in [0, 0.05) is 4.88 Å². The van der Waals surface area contributed by atoms with Crippen molar-refractivity contribution in [3.8, 4) is 0 Å². The van der Waals surface area contributed by atoms with E-state index in [2.05, 4.69) is 10.6 Å². The maximum atomic E-state index is 12.3. The lowest BCUT2D eigenvalue weighted by molar-refractivity contribution is -0.132. The molecule has 23 heavy (non-hydrogen) atoms. The van der Waals surface area contributed by atoms with Gasteiger partial charge in [-0.15, -0.1) is 11.3 Å². The predicted octanol–water partition coefficient (Wildman–Crippen LogP) is 2.28. The lowest BCUT2D eigenvalue weighted by Gasteiger charge is -2.22. The number of hydrogen-bond donors (Lipinski definition) is 2. The van der Waals surface area contributed by atoms with Crippen LogP contribution in [0.2, 0.25) is 0 Å². The molecule has 2 heterocycles. The summed E-state index contributed by atoms with van der Waals surface area (Å²) < 4.78 is 0. The van der Waals surface area contributed by atoms with Gasteiger partial charge in [0.15, 0.2) is 0 Å². The third kappa shape index (κ3) is 4.10. The Kier molecular flexibility index (Phi) is 5.76. The molecule has 6 nitrogen and oxygen atoms in total. The quantitative estimate of drug-likeness (QED) is 0.749. The fourth-order valence-corrected chi connectivity index (χ4v) is 3.56. The Labute approximate surface area is 140 Å². The molecule has 1 fully saturated rings. The van der Waals surface area contributed by atoms with Crippen molar-refractivity contribution in [3.05, 3.63) is 22.4 Å². The Morgan fingerprint density at radius 2 is 2.17 bits per heavy atom. The van der Waals surface area contributed by atoms with E-state index in [1.165, 1.54) is 0 Å². The molecule has 2 N–H and O–H groups in total. The molecule has 4 amide bonds. The fraction of sp³-hybridized carbons (Fsp3) is 0.562. The van der Waals surface area contributed by atoms with Crippen molar-refractivity contribution >= 4 is 29.2 Å². The van der Waals surface area contributed by atoms with Gasteiger partial charge in [0.2, 0.25) is 5.91 Å². The number of nitrogens with zero attached hydrogens (tertiary/aromatic N) is 1. The molecule has 126 valence electrons. The highest BCUT2D eigenvalue weighted by Gasteiger charge is 2.38. The molecule has 0 saturated carbocycles. The normalized spacial score (nSPS) is 19.1. The average Bonchev–Trinajstić information content (AvgIpc) is 3.10. The minimum absolute atomic E-state index is 0.116. The van der Waals surface area contributed by atoms with E-state index in [0.29, 0.717) is 6.42 Å². The lowest BCUT2D eigenvalue weighted by atomic mass is 10.0. The molecule has 1 aromatic heterocycles. The molecular formula is C16H23N3O3S. The third-order valence-electron chi connectivity index (χ3n) is 3.82. The van der Waals surface area contributed by atoms with Crippen LogP contribution in [0.25, 0.3) is 0 Å². The zero-order valence-corrected chi connectivity index (χ0v) is 14.5. The first-order valence-corrected chi connectivity index (χ1v) is 8.76. The number of amides is 4. The minimum Gasteiger partial charge on any atom is -0.347 e. The van der Waals surface area contributed by atoms with Crippen LogP contribution in [0, 0.1) is 5.92 Å². The van der Waals surface area contributed by atoms with Crippen molar-refractivity contribution in [2.24, 2.45) is 5.92 Å². The number of nitrogens with one attached hydrogen (secondary N) is 2. The fourth-order valence-electron chi connectivity index (χ4n) is 2.61. The Morgan fingerprint density at radius 3 is 2.74 bits per heavy atom. The molecule has 0 bridgehead atoms. The van der Waals surface area contributed by atoms with Gasteiger partial charge in [-0.25, -0.2) is 4.79 Å². The molecule has 1 aliphatic rings. The van der Waals surface area contributed by atoms with Gasteiger partial charge in [0.25, 0.3) is 5.91 Å².